The summed E-state index contributed by atoms with van der Waals surface area (Å²) in [5.74, 6) is 1.04. The summed E-state index contributed by atoms with van der Waals surface area (Å²) in [6.07, 6.45) is 6.43. The van der Waals surface area contributed by atoms with Crippen molar-refractivity contribution in [2.24, 2.45) is 5.92 Å². The van der Waals surface area contributed by atoms with Gasteiger partial charge in [0.2, 0.25) is 0 Å². The van der Waals surface area contributed by atoms with Gasteiger partial charge < -0.3 is 5.11 Å². The lowest BCUT2D eigenvalue weighted by molar-refractivity contribution is 0.475. The van der Waals surface area contributed by atoms with E-state index in [0.717, 1.165) is 6.42 Å². The van der Waals surface area contributed by atoms with E-state index in [4.69, 9.17) is 0 Å². The van der Waals surface area contributed by atoms with Gasteiger partial charge in [0.15, 0.2) is 0 Å². The summed E-state index contributed by atoms with van der Waals surface area (Å²) >= 11 is 0. The molecular formula is C22H26O. The zero-order valence-corrected chi connectivity index (χ0v) is 14.2. The van der Waals surface area contributed by atoms with Gasteiger partial charge in [-0.1, -0.05) is 67.3 Å². The first kappa shape index (κ1) is 15.9. The zero-order valence-electron chi connectivity index (χ0n) is 14.2. The molecule has 0 atom stereocenters. The highest BCUT2D eigenvalue weighted by Crippen LogP contribution is 2.39. The summed E-state index contributed by atoms with van der Waals surface area (Å²) in [6, 6.07) is 16.6. The highest BCUT2D eigenvalue weighted by molar-refractivity contribution is 5.82. The fourth-order valence-electron chi connectivity index (χ4n) is 3.83. The average Bonchev–Trinajstić information content (AvgIpc) is 3.09. The second kappa shape index (κ2) is 7.04. The van der Waals surface area contributed by atoms with Crippen LogP contribution in [0.15, 0.2) is 54.1 Å². The molecule has 2 aromatic carbocycles. The third-order valence-corrected chi connectivity index (χ3v) is 5.05. The normalized spacial score (nSPS) is 16.4. The molecule has 2 aromatic rings. The van der Waals surface area contributed by atoms with Gasteiger partial charge in [-0.2, -0.15) is 0 Å². The Bertz CT molecular complexity index is 623. The van der Waals surface area contributed by atoms with Crippen molar-refractivity contribution in [3.05, 3.63) is 70.8 Å². The van der Waals surface area contributed by atoms with Gasteiger partial charge in [0.25, 0.3) is 0 Å². The fraction of sp³-hybridized carbons (Fsp3) is 0.364. The minimum absolute atomic E-state index is 0.330. The third-order valence-electron chi connectivity index (χ3n) is 5.05. The molecule has 1 aliphatic rings. The molecule has 1 aliphatic carbocycles. The van der Waals surface area contributed by atoms with Crippen LogP contribution in [0, 0.1) is 12.8 Å². The summed E-state index contributed by atoms with van der Waals surface area (Å²) in [5, 5.41) is 9.64. The molecule has 1 fully saturated rings. The molecule has 1 saturated carbocycles. The van der Waals surface area contributed by atoms with Crippen molar-refractivity contribution < 1.29 is 5.11 Å². The quantitative estimate of drug-likeness (QED) is 0.723. The topological polar surface area (TPSA) is 20.2 Å². The highest BCUT2D eigenvalue weighted by Gasteiger charge is 2.22. The van der Waals surface area contributed by atoms with Crippen molar-refractivity contribution in [2.45, 2.75) is 46.0 Å². The lowest BCUT2D eigenvalue weighted by atomic mass is 9.84. The Morgan fingerprint density at radius 1 is 0.913 bits per heavy atom. The average molecular weight is 306 g/mol. The smallest absolute Gasteiger partial charge is 0.115 e. The number of hydrogen-bond donors (Lipinski definition) is 1. The van der Waals surface area contributed by atoms with Crippen LogP contribution in [0.25, 0.3) is 5.57 Å². The molecular weight excluding hydrogens is 280 g/mol. The van der Waals surface area contributed by atoms with Crippen LogP contribution < -0.4 is 0 Å². The number of hydrogen-bond acceptors (Lipinski definition) is 1. The first-order valence-electron chi connectivity index (χ1n) is 8.78. The fourth-order valence-corrected chi connectivity index (χ4v) is 3.83. The maximum Gasteiger partial charge on any atom is 0.115 e. The minimum atomic E-state index is 0.330. The van der Waals surface area contributed by atoms with Gasteiger partial charge in [-0.3, -0.25) is 0 Å². The summed E-state index contributed by atoms with van der Waals surface area (Å²) in [4.78, 5) is 0. The summed E-state index contributed by atoms with van der Waals surface area (Å²) in [6.45, 7) is 4.41. The SMILES string of the molecule is CC/C(=C(\c1ccc(C)cc1)c1ccc(O)cc1)C1CCCC1. The van der Waals surface area contributed by atoms with Crippen molar-refractivity contribution in [2.75, 3.05) is 0 Å². The predicted molar refractivity (Wildman–Crippen MR) is 97.6 cm³/mol. The van der Waals surface area contributed by atoms with Crippen LogP contribution in [0.2, 0.25) is 0 Å². The van der Waals surface area contributed by atoms with Gasteiger partial charge in [-0.15, -0.1) is 0 Å². The molecule has 0 saturated heterocycles. The molecule has 0 radical (unpaired) electrons. The van der Waals surface area contributed by atoms with Gasteiger partial charge >= 0.3 is 0 Å². The first-order valence-corrected chi connectivity index (χ1v) is 8.78. The first-order chi connectivity index (χ1) is 11.2. The third kappa shape index (κ3) is 3.50. The van der Waals surface area contributed by atoms with Crippen LogP contribution in [0.1, 0.15) is 55.7 Å². The molecule has 0 heterocycles. The molecule has 0 amide bonds. The summed E-state index contributed by atoms with van der Waals surface area (Å²) in [7, 11) is 0. The van der Waals surface area contributed by atoms with E-state index in [1.165, 1.54) is 47.9 Å². The van der Waals surface area contributed by atoms with E-state index >= 15 is 0 Å². The van der Waals surface area contributed by atoms with Gasteiger partial charge in [0, 0.05) is 0 Å². The van der Waals surface area contributed by atoms with Gasteiger partial charge in [0.1, 0.15) is 5.75 Å². The van der Waals surface area contributed by atoms with Crippen LogP contribution >= 0.6 is 0 Å². The Morgan fingerprint density at radius 3 is 1.96 bits per heavy atom. The van der Waals surface area contributed by atoms with E-state index in [2.05, 4.69) is 50.2 Å². The molecule has 0 aromatic heterocycles. The lowest BCUT2D eigenvalue weighted by Gasteiger charge is -2.21. The Labute approximate surface area is 139 Å². The molecule has 1 N–H and O–H groups in total. The predicted octanol–water partition coefficient (Wildman–Crippen LogP) is 6.10. The highest BCUT2D eigenvalue weighted by atomic mass is 16.3. The molecule has 0 unspecified atom stereocenters. The van der Waals surface area contributed by atoms with Crippen LogP contribution in [-0.2, 0) is 0 Å². The van der Waals surface area contributed by atoms with E-state index < -0.39 is 0 Å². The maximum absolute atomic E-state index is 9.64. The van der Waals surface area contributed by atoms with Crippen molar-refractivity contribution >= 4 is 5.57 Å². The summed E-state index contributed by atoms with van der Waals surface area (Å²) in [5.41, 5.74) is 6.76. The molecule has 0 spiro atoms. The Morgan fingerprint density at radius 2 is 1.43 bits per heavy atom. The van der Waals surface area contributed by atoms with Crippen molar-refractivity contribution in [1.82, 2.24) is 0 Å². The Kier molecular flexibility index (Phi) is 4.85. The number of aromatic hydroxyl groups is 1. The van der Waals surface area contributed by atoms with E-state index in [9.17, 15) is 5.11 Å². The molecule has 1 nitrogen and oxygen atoms in total. The Hall–Kier alpha value is -2.02. The van der Waals surface area contributed by atoms with Crippen LogP contribution in [0.4, 0.5) is 0 Å². The van der Waals surface area contributed by atoms with Crippen molar-refractivity contribution in [3.8, 4) is 5.75 Å². The van der Waals surface area contributed by atoms with E-state index in [0.29, 0.717) is 11.7 Å². The number of allylic oxidation sites excluding steroid dienone is 1. The van der Waals surface area contributed by atoms with Crippen LogP contribution in [0.5, 0.6) is 5.75 Å². The standard InChI is InChI=1S/C22H26O/c1-3-21(17-6-4-5-7-17)22(18-10-8-16(2)9-11-18)19-12-14-20(23)15-13-19/h8-15,17,23H,3-7H2,1-2H3/b22-21-. The molecule has 0 bridgehead atoms. The number of benzene rings is 2. The number of phenols is 1. The van der Waals surface area contributed by atoms with Gasteiger partial charge in [-0.25, -0.2) is 0 Å². The largest absolute Gasteiger partial charge is 0.508 e. The maximum atomic E-state index is 9.64. The minimum Gasteiger partial charge on any atom is -0.508 e. The van der Waals surface area contributed by atoms with Crippen LogP contribution in [0.3, 0.4) is 0 Å². The van der Waals surface area contributed by atoms with Gasteiger partial charge in [0.05, 0.1) is 0 Å². The van der Waals surface area contributed by atoms with E-state index in [1.807, 2.05) is 0 Å². The molecule has 23 heavy (non-hydrogen) atoms. The van der Waals surface area contributed by atoms with E-state index in [1.54, 1.807) is 17.7 Å². The van der Waals surface area contributed by atoms with Crippen molar-refractivity contribution in [3.63, 3.8) is 0 Å². The second-order valence-electron chi connectivity index (χ2n) is 6.65. The number of phenolic OH excluding ortho intramolecular Hbond substituents is 1. The summed E-state index contributed by atoms with van der Waals surface area (Å²) < 4.78 is 0. The van der Waals surface area contributed by atoms with Crippen molar-refractivity contribution in [1.29, 1.82) is 0 Å². The molecule has 1 heteroatoms. The molecule has 3 rings (SSSR count). The monoisotopic (exact) mass is 306 g/mol. The second-order valence-corrected chi connectivity index (χ2v) is 6.65. The van der Waals surface area contributed by atoms with E-state index in [-0.39, 0.29) is 0 Å². The molecule has 0 aliphatic heterocycles. The van der Waals surface area contributed by atoms with Gasteiger partial charge in [-0.05, 0) is 60.9 Å². The molecule has 120 valence electrons. The lowest BCUT2D eigenvalue weighted by Crippen LogP contribution is -2.03. The Balaban J connectivity index is 2.15. The number of aryl methyl sites for hydroxylation is 1. The zero-order chi connectivity index (χ0) is 16.2. The number of rotatable bonds is 4. The van der Waals surface area contributed by atoms with Crippen LogP contribution in [-0.4, -0.2) is 5.11 Å².